The van der Waals surface area contributed by atoms with E-state index in [0.29, 0.717) is 32.1 Å². The highest BCUT2D eigenvalue weighted by Gasteiger charge is 2.36. The number of amidine groups is 1. The summed E-state index contributed by atoms with van der Waals surface area (Å²) in [6.45, 7) is 6.07. The molecule has 1 unspecified atom stereocenters. The Morgan fingerprint density at radius 2 is 1.78 bits per heavy atom. The Kier molecular flexibility index (Phi) is 9.84. The fourth-order valence-corrected chi connectivity index (χ4v) is 6.19. The van der Waals surface area contributed by atoms with Crippen LogP contribution in [0.2, 0.25) is 0 Å². The van der Waals surface area contributed by atoms with Crippen LogP contribution in [0.3, 0.4) is 0 Å². The van der Waals surface area contributed by atoms with Gasteiger partial charge in [0.25, 0.3) is 0 Å². The molecule has 3 aliphatic rings. The summed E-state index contributed by atoms with van der Waals surface area (Å²) in [5, 5.41) is 7.95. The number of nitrogens with one attached hydrogen (secondary N) is 2. The van der Waals surface area contributed by atoms with Crippen LogP contribution in [0.15, 0.2) is 5.10 Å². The van der Waals surface area contributed by atoms with E-state index in [-0.39, 0.29) is 17.7 Å². The van der Waals surface area contributed by atoms with Crippen LogP contribution in [-0.2, 0) is 19.1 Å². The number of hydrogen-bond donors (Lipinski definition) is 2. The maximum Gasteiger partial charge on any atom is 0.309 e. The van der Waals surface area contributed by atoms with Crippen LogP contribution in [-0.4, -0.2) is 65.3 Å². The standard InChI is InChI=1S/C23H38N4O4S/c1-3-18-15-32-23(27(18)4-2)26-25-22(30)20(28)19(16-11-13-31-14-12-16)24-21(29)17-9-7-5-6-8-10-17/h16-19H,3-15H2,1-2H3,(H,24,29)(H,25,30)/t18-,19?/m1/s1. The Balaban J connectivity index is 1.66. The topological polar surface area (TPSA) is 100 Å². The van der Waals surface area contributed by atoms with Crippen molar-refractivity contribution in [2.45, 2.75) is 83.7 Å². The van der Waals surface area contributed by atoms with Gasteiger partial charge in [0.05, 0.1) is 0 Å². The third-order valence-electron chi connectivity index (χ3n) is 6.92. The van der Waals surface area contributed by atoms with Crippen LogP contribution in [0, 0.1) is 11.8 Å². The minimum absolute atomic E-state index is 0.0741. The summed E-state index contributed by atoms with van der Waals surface area (Å²) in [4.78, 5) is 41.0. The fourth-order valence-electron chi connectivity index (χ4n) is 4.88. The summed E-state index contributed by atoms with van der Waals surface area (Å²) in [5.74, 6) is -0.704. The number of rotatable bonds is 8. The van der Waals surface area contributed by atoms with Crippen LogP contribution in [0.1, 0.15) is 71.6 Å². The number of nitrogens with zero attached hydrogens (tertiary/aromatic N) is 2. The minimum Gasteiger partial charge on any atom is -0.381 e. The Morgan fingerprint density at radius 3 is 2.41 bits per heavy atom. The molecule has 2 atom stereocenters. The summed E-state index contributed by atoms with van der Waals surface area (Å²) in [5.41, 5.74) is 2.47. The Bertz CT molecular complexity index is 687. The number of ether oxygens (including phenoxy) is 1. The number of ketones is 1. The van der Waals surface area contributed by atoms with E-state index in [0.717, 1.165) is 62.4 Å². The number of thioether (sulfide) groups is 1. The predicted molar refractivity (Wildman–Crippen MR) is 126 cm³/mol. The van der Waals surface area contributed by atoms with Gasteiger partial charge in [0, 0.05) is 37.5 Å². The number of Topliss-reactive ketones (excluding diaryl/α,β-unsaturated/α-hetero) is 1. The van der Waals surface area contributed by atoms with E-state index in [2.05, 4.69) is 34.6 Å². The predicted octanol–water partition coefficient (Wildman–Crippen LogP) is 2.67. The highest BCUT2D eigenvalue weighted by atomic mass is 32.2. The average Bonchev–Trinajstić information content (AvgIpc) is 3.02. The zero-order chi connectivity index (χ0) is 22.9. The largest absolute Gasteiger partial charge is 0.381 e. The van der Waals surface area contributed by atoms with Gasteiger partial charge in [0.15, 0.2) is 5.17 Å². The lowest BCUT2D eigenvalue weighted by Crippen LogP contribution is -2.53. The lowest BCUT2D eigenvalue weighted by molar-refractivity contribution is -0.142. The van der Waals surface area contributed by atoms with Crippen molar-refractivity contribution in [2.75, 3.05) is 25.5 Å². The molecule has 0 spiro atoms. The molecule has 32 heavy (non-hydrogen) atoms. The second-order valence-electron chi connectivity index (χ2n) is 8.98. The second-order valence-corrected chi connectivity index (χ2v) is 9.97. The lowest BCUT2D eigenvalue weighted by Gasteiger charge is -2.30. The smallest absolute Gasteiger partial charge is 0.309 e. The van der Waals surface area contributed by atoms with E-state index in [1.807, 2.05) is 0 Å². The van der Waals surface area contributed by atoms with Gasteiger partial charge in [-0.1, -0.05) is 44.4 Å². The van der Waals surface area contributed by atoms with Gasteiger partial charge in [-0.3, -0.25) is 14.4 Å². The summed E-state index contributed by atoms with van der Waals surface area (Å²) >= 11 is 1.59. The summed E-state index contributed by atoms with van der Waals surface area (Å²) in [7, 11) is 0. The molecule has 9 heteroatoms. The van der Waals surface area contributed by atoms with Crippen molar-refractivity contribution in [3.05, 3.63) is 0 Å². The van der Waals surface area contributed by atoms with Gasteiger partial charge in [-0.15, -0.1) is 5.10 Å². The molecular formula is C23H38N4O4S. The van der Waals surface area contributed by atoms with Crippen molar-refractivity contribution in [1.82, 2.24) is 15.6 Å². The minimum atomic E-state index is -0.822. The van der Waals surface area contributed by atoms with E-state index in [1.54, 1.807) is 11.8 Å². The zero-order valence-corrected chi connectivity index (χ0v) is 20.3. The quantitative estimate of drug-likeness (QED) is 0.324. The molecule has 0 aromatic heterocycles. The number of carbonyl (C=O) groups is 3. The Labute approximate surface area is 195 Å². The van der Waals surface area contributed by atoms with Crippen LogP contribution >= 0.6 is 11.8 Å². The second kappa shape index (κ2) is 12.6. The molecule has 2 N–H and O–H groups in total. The summed E-state index contributed by atoms with van der Waals surface area (Å²) in [6, 6.07) is -0.429. The maximum absolute atomic E-state index is 13.1. The number of carbonyl (C=O) groups excluding carboxylic acids is 3. The summed E-state index contributed by atoms with van der Waals surface area (Å²) in [6.07, 6.45) is 8.40. The molecule has 0 bridgehead atoms. The van der Waals surface area contributed by atoms with Crippen molar-refractivity contribution in [1.29, 1.82) is 0 Å². The van der Waals surface area contributed by atoms with Gasteiger partial charge >= 0.3 is 5.91 Å². The van der Waals surface area contributed by atoms with Gasteiger partial charge in [-0.2, -0.15) is 0 Å². The zero-order valence-electron chi connectivity index (χ0n) is 19.4. The van der Waals surface area contributed by atoms with Gasteiger partial charge in [-0.05, 0) is 44.9 Å². The first-order chi connectivity index (χ1) is 15.5. The third kappa shape index (κ3) is 6.47. The molecule has 3 rings (SSSR count). The van der Waals surface area contributed by atoms with Crippen molar-refractivity contribution in [3.63, 3.8) is 0 Å². The molecule has 2 saturated heterocycles. The number of hydrogen-bond acceptors (Lipinski definition) is 6. The van der Waals surface area contributed by atoms with Crippen molar-refractivity contribution < 1.29 is 19.1 Å². The van der Waals surface area contributed by atoms with Gasteiger partial charge in [0.1, 0.15) is 6.04 Å². The van der Waals surface area contributed by atoms with Crippen LogP contribution in [0.5, 0.6) is 0 Å². The van der Waals surface area contributed by atoms with Gasteiger partial charge in [0.2, 0.25) is 11.7 Å². The highest BCUT2D eigenvalue weighted by Crippen LogP contribution is 2.26. The number of hydrazone groups is 1. The van der Waals surface area contributed by atoms with Crippen LogP contribution < -0.4 is 10.7 Å². The molecule has 2 aliphatic heterocycles. The first-order valence-corrected chi connectivity index (χ1v) is 13.2. The lowest BCUT2D eigenvalue weighted by atomic mass is 9.87. The molecule has 8 nitrogen and oxygen atoms in total. The SMILES string of the molecule is CC[C@@H]1CSC(=NNC(=O)C(=O)C(NC(=O)C2CCCCCC2)C2CCOCC2)N1CC. The average molecular weight is 467 g/mol. The number of amides is 2. The molecule has 0 radical (unpaired) electrons. The van der Waals surface area contributed by atoms with Gasteiger partial charge < -0.3 is 15.0 Å². The fraction of sp³-hybridized carbons (Fsp3) is 0.826. The molecule has 1 aliphatic carbocycles. The van der Waals surface area contributed by atoms with Crippen molar-refractivity contribution in [3.8, 4) is 0 Å². The van der Waals surface area contributed by atoms with Crippen LogP contribution in [0.4, 0.5) is 0 Å². The monoisotopic (exact) mass is 466 g/mol. The molecule has 2 heterocycles. The molecule has 2 amide bonds. The normalized spacial score (nSPS) is 25.4. The Hall–Kier alpha value is -1.61. The van der Waals surface area contributed by atoms with E-state index in [9.17, 15) is 14.4 Å². The molecule has 180 valence electrons. The van der Waals surface area contributed by atoms with E-state index < -0.39 is 17.7 Å². The van der Waals surface area contributed by atoms with Crippen molar-refractivity contribution in [2.24, 2.45) is 16.9 Å². The molecule has 3 fully saturated rings. The molecular weight excluding hydrogens is 428 g/mol. The molecule has 0 aromatic rings. The first kappa shape index (κ1) is 25.0. The maximum atomic E-state index is 13.1. The van der Waals surface area contributed by atoms with E-state index in [1.165, 1.54) is 0 Å². The molecule has 0 aromatic carbocycles. The Morgan fingerprint density at radius 1 is 1.09 bits per heavy atom. The van der Waals surface area contributed by atoms with E-state index >= 15 is 0 Å². The van der Waals surface area contributed by atoms with E-state index in [4.69, 9.17) is 4.74 Å². The van der Waals surface area contributed by atoms with Gasteiger partial charge in [-0.25, -0.2) is 5.43 Å². The van der Waals surface area contributed by atoms with Crippen molar-refractivity contribution >= 4 is 34.5 Å². The van der Waals surface area contributed by atoms with Crippen LogP contribution in [0.25, 0.3) is 0 Å². The third-order valence-corrected chi connectivity index (χ3v) is 8.06. The molecule has 1 saturated carbocycles. The summed E-state index contributed by atoms with van der Waals surface area (Å²) < 4.78 is 5.43. The first-order valence-electron chi connectivity index (χ1n) is 12.2. The highest BCUT2D eigenvalue weighted by molar-refractivity contribution is 8.14.